The Balaban J connectivity index is 2.60. The molecule has 2 aromatic rings. The van der Waals surface area contributed by atoms with Crippen LogP contribution in [-0.4, -0.2) is 19.1 Å². The molecule has 0 aromatic heterocycles. The van der Waals surface area contributed by atoms with Gasteiger partial charge < -0.3 is 10.6 Å². The maximum absolute atomic E-state index is 14.3. The molecule has 0 bridgehead atoms. The fourth-order valence-corrected chi connectivity index (χ4v) is 3.03. The fourth-order valence-electron chi connectivity index (χ4n) is 2.47. The van der Waals surface area contributed by atoms with E-state index < -0.39 is 56.6 Å². The summed E-state index contributed by atoms with van der Waals surface area (Å²) >= 11 is 2.64. The number of hydrogen-bond acceptors (Lipinski definition) is 2. The fraction of sp³-hybridized carbons (Fsp3) is 0.278. The number of anilines is 2. The molecule has 0 saturated carbocycles. The van der Waals surface area contributed by atoms with E-state index in [0.717, 1.165) is 6.07 Å². The third kappa shape index (κ3) is 4.52. The van der Waals surface area contributed by atoms with Gasteiger partial charge in [-0.25, -0.2) is 8.78 Å². The third-order valence-electron chi connectivity index (χ3n) is 4.22. The molecule has 12 heteroatoms. The third-order valence-corrected chi connectivity index (χ3v) is 4.85. The van der Waals surface area contributed by atoms with Crippen molar-refractivity contribution < 1.29 is 39.9 Å². The van der Waals surface area contributed by atoms with Gasteiger partial charge >= 0.3 is 12.4 Å². The Kier molecular flexibility index (Phi) is 6.41. The number of nitrogens with one attached hydrogen (secondary N) is 2. The molecule has 0 aliphatic carbocycles. The first-order valence-corrected chi connectivity index (χ1v) is 8.85. The minimum absolute atomic E-state index is 0.0474. The topological polar surface area (TPSA) is 41.1 Å². The zero-order valence-corrected chi connectivity index (χ0v) is 16.8. The van der Waals surface area contributed by atoms with Gasteiger partial charge in [-0.1, -0.05) is 6.07 Å². The van der Waals surface area contributed by atoms with Crippen molar-refractivity contribution in [2.24, 2.45) is 0 Å². The van der Waals surface area contributed by atoms with Crippen LogP contribution in [0.3, 0.4) is 0 Å². The van der Waals surface area contributed by atoms with Gasteiger partial charge in [-0.3, -0.25) is 4.79 Å². The highest BCUT2D eigenvalue weighted by Crippen LogP contribution is 2.47. The van der Waals surface area contributed by atoms with Crippen LogP contribution in [0.25, 0.3) is 0 Å². The maximum atomic E-state index is 14.3. The van der Waals surface area contributed by atoms with E-state index in [4.69, 9.17) is 0 Å². The number of benzene rings is 2. The van der Waals surface area contributed by atoms with Crippen LogP contribution in [-0.2, 0) is 11.8 Å². The molecule has 0 spiro atoms. The molecule has 0 aliphatic rings. The number of hydrogen-bond donors (Lipinski definition) is 2. The summed E-state index contributed by atoms with van der Waals surface area (Å²) < 4.78 is 107. The Morgan fingerprint density at radius 1 is 1.03 bits per heavy atom. The highest BCUT2D eigenvalue weighted by molar-refractivity contribution is 9.10. The SMILES string of the molecule is CNc1cccc(C(=O)Nc2c(Br)cc(C(C)(F)C(F)(F)F)cc2C(F)(F)F)c1F. The summed E-state index contributed by atoms with van der Waals surface area (Å²) in [5.74, 6) is -2.34. The first-order chi connectivity index (χ1) is 13.6. The van der Waals surface area contributed by atoms with E-state index in [1.807, 2.05) is 5.32 Å². The van der Waals surface area contributed by atoms with Crippen molar-refractivity contribution in [3.05, 3.63) is 57.3 Å². The molecule has 1 amide bonds. The number of rotatable bonds is 4. The summed E-state index contributed by atoms with van der Waals surface area (Å²) in [5, 5.41) is 4.28. The van der Waals surface area contributed by atoms with Crippen LogP contribution in [0.1, 0.15) is 28.4 Å². The molecule has 0 fully saturated rings. The van der Waals surface area contributed by atoms with E-state index in [2.05, 4.69) is 21.2 Å². The van der Waals surface area contributed by atoms with E-state index in [1.54, 1.807) is 0 Å². The number of amides is 1. The van der Waals surface area contributed by atoms with Crippen molar-refractivity contribution >= 4 is 33.2 Å². The summed E-state index contributed by atoms with van der Waals surface area (Å²) in [6.45, 7) is 0.0752. The highest BCUT2D eigenvalue weighted by Gasteiger charge is 2.54. The Labute approximate surface area is 173 Å². The van der Waals surface area contributed by atoms with Gasteiger partial charge in [0.1, 0.15) is 0 Å². The van der Waals surface area contributed by atoms with Crippen LogP contribution >= 0.6 is 15.9 Å². The van der Waals surface area contributed by atoms with Crippen LogP contribution in [0.15, 0.2) is 34.8 Å². The van der Waals surface area contributed by atoms with Crippen molar-refractivity contribution in [2.45, 2.75) is 24.9 Å². The van der Waals surface area contributed by atoms with Crippen molar-refractivity contribution in [1.82, 2.24) is 0 Å². The molecule has 0 radical (unpaired) electrons. The number of alkyl halides is 7. The van der Waals surface area contributed by atoms with Gasteiger partial charge in [0.2, 0.25) is 5.67 Å². The summed E-state index contributed by atoms with van der Waals surface area (Å²) in [5.41, 5.74) is -8.86. The quantitative estimate of drug-likeness (QED) is 0.458. The Bertz CT molecular complexity index is 970. The number of halogens is 9. The van der Waals surface area contributed by atoms with E-state index >= 15 is 0 Å². The van der Waals surface area contributed by atoms with Gasteiger partial charge in [0, 0.05) is 11.5 Å². The molecular weight excluding hydrogens is 492 g/mol. The lowest BCUT2D eigenvalue weighted by Gasteiger charge is -2.26. The van der Waals surface area contributed by atoms with E-state index in [1.165, 1.54) is 19.2 Å². The van der Waals surface area contributed by atoms with Gasteiger partial charge in [0.15, 0.2) is 5.82 Å². The first-order valence-electron chi connectivity index (χ1n) is 8.05. The molecule has 1 unspecified atom stereocenters. The van der Waals surface area contributed by atoms with Gasteiger partial charge in [0.25, 0.3) is 5.91 Å². The lowest BCUT2D eigenvalue weighted by atomic mass is 9.94. The van der Waals surface area contributed by atoms with Crippen molar-refractivity contribution in [3.63, 3.8) is 0 Å². The van der Waals surface area contributed by atoms with E-state index in [9.17, 15) is 39.9 Å². The molecule has 2 N–H and O–H groups in total. The molecule has 164 valence electrons. The van der Waals surface area contributed by atoms with Crippen LogP contribution < -0.4 is 10.6 Å². The monoisotopic (exact) mass is 504 g/mol. The molecular formula is C18H13BrF8N2O. The van der Waals surface area contributed by atoms with E-state index in [-0.39, 0.29) is 18.7 Å². The van der Waals surface area contributed by atoms with Gasteiger partial charge in [0.05, 0.1) is 22.5 Å². The molecule has 0 heterocycles. The van der Waals surface area contributed by atoms with Crippen molar-refractivity contribution in [2.75, 3.05) is 17.7 Å². The predicted molar refractivity (Wildman–Crippen MR) is 97.6 cm³/mol. The summed E-state index contributed by atoms with van der Waals surface area (Å²) in [6.07, 6.45) is -10.7. The molecule has 0 saturated heterocycles. The number of carbonyl (C=O) groups excluding carboxylic acids is 1. The summed E-state index contributed by atoms with van der Waals surface area (Å²) in [6, 6.07) is 3.97. The first kappa shape index (κ1) is 23.9. The molecule has 30 heavy (non-hydrogen) atoms. The van der Waals surface area contributed by atoms with Crippen LogP contribution in [0, 0.1) is 5.82 Å². The lowest BCUT2D eigenvalue weighted by Crippen LogP contribution is -2.35. The zero-order valence-electron chi connectivity index (χ0n) is 15.2. The van der Waals surface area contributed by atoms with Crippen molar-refractivity contribution in [3.8, 4) is 0 Å². The molecule has 1 atom stereocenters. The standard InChI is InChI=1S/C18H13BrF8N2O/c1-16(21,18(25,26)27)8-6-10(17(22,23)24)14(11(19)7-8)29-15(30)9-4-3-5-12(28-2)13(9)20/h3-7,28H,1-2H3,(H,29,30). The minimum Gasteiger partial charge on any atom is -0.386 e. The van der Waals surface area contributed by atoms with Gasteiger partial charge in [-0.2, -0.15) is 26.3 Å². The Hall–Kier alpha value is -2.37. The maximum Gasteiger partial charge on any atom is 0.426 e. The van der Waals surface area contributed by atoms with E-state index in [0.29, 0.717) is 6.07 Å². The second-order valence-electron chi connectivity index (χ2n) is 6.25. The minimum atomic E-state index is -5.49. The van der Waals surface area contributed by atoms with Gasteiger partial charge in [-0.15, -0.1) is 0 Å². The van der Waals surface area contributed by atoms with Crippen molar-refractivity contribution in [1.29, 1.82) is 0 Å². The second-order valence-corrected chi connectivity index (χ2v) is 7.10. The summed E-state index contributed by atoms with van der Waals surface area (Å²) in [7, 11) is 1.35. The second kappa shape index (κ2) is 8.05. The molecule has 2 aromatic carbocycles. The largest absolute Gasteiger partial charge is 0.426 e. The van der Waals surface area contributed by atoms with Gasteiger partial charge in [-0.05, 0) is 52.7 Å². The smallest absolute Gasteiger partial charge is 0.386 e. The van der Waals surface area contributed by atoms with Crippen LogP contribution in [0.4, 0.5) is 46.5 Å². The normalized spacial score (nSPS) is 14.2. The highest BCUT2D eigenvalue weighted by atomic mass is 79.9. The zero-order chi connectivity index (χ0) is 23.1. The number of carbonyl (C=O) groups is 1. The van der Waals surface area contributed by atoms with Crippen LogP contribution in [0.5, 0.6) is 0 Å². The Morgan fingerprint density at radius 2 is 1.63 bits per heavy atom. The molecule has 3 nitrogen and oxygen atoms in total. The average Bonchev–Trinajstić information content (AvgIpc) is 2.61. The Morgan fingerprint density at radius 3 is 2.13 bits per heavy atom. The lowest BCUT2D eigenvalue weighted by molar-refractivity contribution is -0.228. The van der Waals surface area contributed by atoms with Crippen LogP contribution in [0.2, 0.25) is 0 Å². The summed E-state index contributed by atoms with van der Waals surface area (Å²) in [4.78, 5) is 12.4. The average molecular weight is 505 g/mol. The predicted octanol–water partition coefficient (Wildman–Crippen LogP) is 6.65. The molecule has 2 rings (SSSR count). The molecule has 0 aliphatic heterocycles.